The Hall–Kier alpha value is -2.58. The van der Waals surface area contributed by atoms with E-state index in [-0.39, 0.29) is 17.6 Å². The zero-order valence-electron chi connectivity index (χ0n) is 13.1. The summed E-state index contributed by atoms with van der Waals surface area (Å²) in [7, 11) is 0. The number of amides is 1. The number of fused-ring (bicyclic) bond motifs is 1. The number of nitriles is 1. The molecule has 0 aliphatic carbocycles. The van der Waals surface area contributed by atoms with Crippen molar-refractivity contribution < 1.29 is 9.53 Å². The SMILES string of the molecule is Cc1[nH]c2ccccc2c1/C=C(/C#N)C(=O)NC[C@H]1CCCO1. The van der Waals surface area contributed by atoms with E-state index in [2.05, 4.69) is 10.3 Å². The Balaban J connectivity index is 1.81. The van der Waals surface area contributed by atoms with Crippen LogP contribution in [0.15, 0.2) is 29.8 Å². The van der Waals surface area contributed by atoms with Crippen molar-refractivity contribution in [3.63, 3.8) is 0 Å². The number of nitrogens with zero attached hydrogens (tertiary/aromatic N) is 1. The molecule has 0 spiro atoms. The van der Waals surface area contributed by atoms with Gasteiger partial charge in [-0.2, -0.15) is 5.26 Å². The topological polar surface area (TPSA) is 77.9 Å². The second-order valence-electron chi connectivity index (χ2n) is 5.72. The molecule has 1 aromatic carbocycles. The molecule has 2 heterocycles. The van der Waals surface area contributed by atoms with E-state index in [0.717, 1.165) is 41.6 Å². The van der Waals surface area contributed by atoms with Crippen LogP contribution in [0.25, 0.3) is 17.0 Å². The molecular formula is C18H19N3O2. The number of aromatic nitrogens is 1. The number of aryl methyl sites for hydroxylation is 1. The first-order valence-corrected chi connectivity index (χ1v) is 7.78. The zero-order valence-corrected chi connectivity index (χ0v) is 13.1. The third-order valence-electron chi connectivity index (χ3n) is 4.11. The number of aromatic amines is 1. The van der Waals surface area contributed by atoms with Gasteiger partial charge in [0.05, 0.1) is 6.10 Å². The van der Waals surface area contributed by atoms with Crippen LogP contribution >= 0.6 is 0 Å². The highest BCUT2D eigenvalue weighted by atomic mass is 16.5. The molecule has 5 nitrogen and oxygen atoms in total. The molecule has 1 amide bonds. The minimum atomic E-state index is -0.354. The normalized spacial score (nSPS) is 18.1. The molecule has 5 heteroatoms. The van der Waals surface area contributed by atoms with Gasteiger partial charge in [0, 0.05) is 35.3 Å². The van der Waals surface area contributed by atoms with Gasteiger partial charge in [0.2, 0.25) is 0 Å². The van der Waals surface area contributed by atoms with Gasteiger partial charge in [0.15, 0.2) is 0 Å². The van der Waals surface area contributed by atoms with Gasteiger partial charge < -0.3 is 15.0 Å². The third-order valence-corrected chi connectivity index (χ3v) is 4.11. The highest BCUT2D eigenvalue weighted by molar-refractivity contribution is 6.04. The molecule has 0 unspecified atom stereocenters. The van der Waals surface area contributed by atoms with E-state index in [1.54, 1.807) is 6.08 Å². The van der Waals surface area contributed by atoms with Crippen LogP contribution in [0.1, 0.15) is 24.1 Å². The average molecular weight is 309 g/mol. The number of benzene rings is 1. The van der Waals surface area contributed by atoms with Crippen molar-refractivity contribution in [2.75, 3.05) is 13.2 Å². The number of hydrogen-bond acceptors (Lipinski definition) is 3. The first-order chi connectivity index (χ1) is 11.2. The predicted octanol–water partition coefficient (Wildman–Crippen LogP) is 2.68. The molecule has 23 heavy (non-hydrogen) atoms. The summed E-state index contributed by atoms with van der Waals surface area (Å²) < 4.78 is 5.48. The molecule has 0 saturated carbocycles. The lowest BCUT2D eigenvalue weighted by Crippen LogP contribution is -2.32. The van der Waals surface area contributed by atoms with Crippen LogP contribution in [0, 0.1) is 18.3 Å². The van der Waals surface area contributed by atoms with Gasteiger partial charge in [0.25, 0.3) is 5.91 Å². The first-order valence-electron chi connectivity index (χ1n) is 7.78. The third kappa shape index (κ3) is 3.27. The fraction of sp³-hybridized carbons (Fsp3) is 0.333. The van der Waals surface area contributed by atoms with Gasteiger partial charge in [-0.25, -0.2) is 0 Å². The maximum Gasteiger partial charge on any atom is 0.262 e. The van der Waals surface area contributed by atoms with Crippen LogP contribution in [0.3, 0.4) is 0 Å². The lowest BCUT2D eigenvalue weighted by Gasteiger charge is -2.10. The van der Waals surface area contributed by atoms with E-state index in [9.17, 15) is 10.1 Å². The number of H-pyrrole nitrogens is 1. The van der Waals surface area contributed by atoms with Crippen LogP contribution in [0.4, 0.5) is 0 Å². The highest BCUT2D eigenvalue weighted by Crippen LogP contribution is 2.24. The molecule has 0 radical (unpaired) electrons. The minimum Gasteiger partial charge on any atom is -0.376 e. The molecule has 1 aliphatic rings. The van der Waals surface area contributed by atoms with Crippen molar-refractivity contribution in [2.24, 2.45) is 0 Å². The van der Waals surface area contributed by atoms with Crippen molar-refractivity contribution in [3.8, 4) is 6.07 Å². The zero-order chi connectivity index (χ0) is 16.2. The molecule has 2 N–H and O–H groups in total. The molecule has 3 rings (SSSR count). The Bertz CT molecular complexity index is 792. The number of carbonyl (C=O) groups is 1. The number of hydrogen-bond donors (Lipinski definition) is 2. The van der Waals surface area contributed by atoms with Gasteiger partial charge in [-0.15, -0.1) is 0 Å². The molecule has 1 fully saturated rings. The Kier molecular flexibility index (Phi) is 4.45. The number of carbonyl (C=O) groups excluding carboxylic acids is 1. The molecule has 0 bridgehead atoms. The maximum atomic E-state index is 12.2. The average Bonchev–Trinajstić information content (AvgIpc) is 3.18. The molecule has 118 valence electrons. The van der Waals surface area contributed by atoms with Gasteiger partial charge in [0.1, 0.15) is 11.6 Å². The summed E-state index contributed by atoms with van der Waals surface area (Å²) in [6, 6.07) is 9.84. The molecule has 1 atom stereocenters. The maximum absolute atomic E-state index is 12.2. The summed E-state index contributed by atoms with van der Waals surface area (Å²) in [5.41, 5.74) is 2.92. The molecule has 1 saturated heterocycles. The van der Waals surface area contributed by atoms with Crippen molar-refractivity contribution in [1.29, 1.82) is 5.26 Å². The first kappa shape index (κ1) is 15.3. The van der Waals surface area contributed by atoms with Crippen LogP contribution < -0.4 is 5.32 Å². The summed E-state index contributed by atoms with van der Waals surface area (Å²) in [5.74, 6) is -0.354. The van der Waals surface area contributed by atoms with E-state index in [1.165, 1.54) is 0 Å². The summed E-state index contributed by atoms with van der Waals surface area (Å²) in [5, 5.41) is 13.1. The highest BCUT2D eigenvalue weighted by Gasteiger charge is 2.18. The van der Waals surface area contributed by atoms with E-state index in [0.29, 0.717) is 6.54 Å². The second kappa shape index (κ2) is 6.67. The van der Waals surface area contributed by atoms with Crippen LogP contribution in [-0.2, 0) is 9.53 Å². The van der Waals surface area contributed by atoms with Crippen LogP contribution in [0.5, 0.6) is 0 Å². The van der Waals surface area contributed by atoms with E-state index < -0.39 is 0 Å². The van der Waals surface area contributed by atoms with E-state index in [4.69, 9.17) is 4.74 Å². The summed E-state index contributed by atoms with van der Waals surface area (Å²) in [4.78, 5) is 15.5. The molecule has 2 aromatic rings. The fourth-order valence-electron chi connectivity index (χ4n) is 2.88. The van der Waals surface area contributed by atoms with Gasteiger partial charge >= 0.3 is 0 Å². The Labute approximate surface area is 134 Å². The van der Waals surface area contributed by atoms with Gasteiger partial charge in [-0.1, -0.05) is 18.2 Å². The molecule has 1 aliphatic heterocycles. The van der Waals surface area contributed by atoms with Crippen molar-refractivity contribution in [3.05, 3.63) is 41.1 Å². The van der Waals surface area contributed by atoms with Crippen molar-refractivity contribution >= 4 is 22.9 Å². The standard InChI is InChI=1S/C18H19N3O2/c1-12-16(15-6-2-3-7-17(15)21-12)9-13(10-19)18(22)20-11-14-5-4-8-23-14/h2-3,6-7,9,14,21H,4-5,8,11H2,1H3,(H,20,22)/b13-9-/t14-/m1/s1. The van der Waals surface area contributed by atoms with Gasteiger partial charge in [-0.3, -0.25) is 4.79 Å². The summed E-state index contributed by atoms with van der Waals surface area (Å²) in [6.07, 6.45) is 3.69. The Morgan fingerprint density at radius 1 is 1.52 bits per heavy atom. The predicted molar refractivity (Wildman–Crippen MR) is 88.6 cm³/mol. The summed E-state index contributed by atoms with van der Waals surface area (Å²) in [6.45, 7) is 3.13. The van der Waals surface area contributed by atoms with E-state index >= 15 is 0 Å². The smallest absolute Gasteiger partial charge is 0.262 e. The largest absolute Gasteiger partial charge is 0.376 e. The summed E-state index contributed by atoms with van der Waals surface area (Å²) >= 11 is 0. The van der Waals surface area contributed by atoms with Crippen molar-refractivity contribution in [2.45, 2.75) is 25.9 Å². The van der Waals surface area contributed by atoms with Crippen LogP contribution in [0.2, 0.25) is 0 Å². The minimum absolute atomic E-state index is 0.0636. The Morgan fingerprint density at radius 2 is 2.35 bits per heavy atom. The Morgan fingerprint density at radius 3 is 3.09 bits per heavy atom. The molecule has 1 aromatic heterocycles. The molecular weight excluding hydrogens is 290 g/mol. The number of rotatable bonds is 4. The van der Waals surface area contributed by atoms with E-state index in [1.807, 2.05) is 37.3 Å². The quantitative estimate of drug-likeness (QED) is 0.673. The van der Waals surface area contributed by atoms with Crippen molar-refractivity contribution in [1.82, 2.24) is 10.3 Å². The fourth-order valence-corrected chi connectivity index (χ4v) is 2.88. The lowest BCUT2D eigenvalue weighted by atomic mass is 10.1. The van der Waals surface area contributed by atoms with Gasteiger partial charge in [-0.05, 0) is 31.9 Å². The number of nitrogens with one attached hydrogen (secondary N) is 2. The number of ether oxygens (including phenoxy) is 1. The second-order valence-corrected chi connectivity index (χ2v) is 5.72. The lowest BCUT2D eigenvalue weighted by molar-refractivity contribution is -0.117. The van der Waals surface area contributed by atoms with Crippen LogP contribution in [-0.4, -0.2) is 30.1 Å². The number of para-hydroxylation sites is 1. The monoisotopic (exact) mass is 309 g/mol.